The van der Waals surface area contributed by atoms with Crippen molar-refractivity contribution >= 4 is 23.1 Å². The molecule has 1 unspecified atom stereocenters. The van der Waals surface area contributed by atoms with E-state index in [0.29, 0.717) is 29.3 Å². The number of hydrogen-bond acceptors (Lipinski definition) is 7. The number of pyridine rings is 2. The summed E-state index contributed by atoms with van der Waals surface area (Å²) < 4.78 is 45.6. The van der Waals surface area contributed by atoms with Crippen molar-refractivity contribution in [3.63, 3.8) is 0 Å². The Labute approximate surface area is 206 Å². The Hall–Kier alpha value is -3.83. The molecule has 0 saturated heterocycles. The average molecular weight is 504 g/mol. The summed E-state index contributed by atoms with van der Waals surface area (Å²) in [4.78, 5) is 22.6. The molecule has 0 saturated carbocycles. The highest BCUT2D eigenvalue weighted by molar-refractivity contribution is 6.04. The number of carbonyl (C=O) groups is 1. The first-order valence-corrected chi connectivity index (χ1v) is 11.4. The lowest BCUT2D eigenvalue weighted by Crippen LogP contribution is -2.49. The molecule has 0 bridgehead atoms. The summed E-state index contributed by atoms with van der Waals surface area (Å²) >= 11 is 0. The first-order chi connectivity index (χ1) is 17.0. The van der Waals surface area contributed by atoms with Crippen molar-refractivity contribution in [1.29, 1.82) is 0 Å². The van der Waals surface area contributed by atoms with E-state index in [1.165, 1.54) is 19.4 Å². The fraction of sp³-hybridized carbons (Fsp3) is 0.417. The molecular weight excluding hydrogens is 475 g/mol. The van der Waals surface area contributed by atoms with Gasteiger partial charge in [0.2, 0.25) is 5.91 Å². The van der Waals surface area contributed by atoms with Crippen LogP contribution in [-0.4, -0.2) is 45.9 Å². The summed E-state index contributed by atoms with van der Waals surface area (Å²) in [5.41, 5.74) is 2.63. The van der Waals surface area contributed by atoms with Crippen molar-refractivity contribution in [2.45, 2.75) is 46.1 Å². The number of hydrogen-bond donors (Lipinski definition) is 2. The molecule has 2 N–H and O–H groups in total. The Morgan fingerprint density at radius 2 is 1.97 bits per heavy atom. The van der Waals surface area contributed by atoms with E-state index in [2.05, 4.69) is 25.7 Å². The monoisotopic (exact) mass is 503 g/mol. The van der Waals surface area contributed by atoms with E-state index in [0.717, 1.165) is 11.3 Å². The van der Waals surface area contributed by atoms with Gasteiger partial charge in [0.15, 0.2) is 5.69 Å². The molecule has 1 amide bonds. The van der Waals surface area contributed by atoms with Gasteiger partial charge in [-0.2, -0.15) is 18.3 Å². The number of aryl methyl sites for hydroxylation is 1. The van der Waals surface area contributed by atoms with Gasteiger partial charge in [-0.3, -0.25) is 9.48 Å². The second kappa shape index (κ2) is 9.67. The van der Waals surface area contributed by atoms with Crippen molar-refractivity contribution in [1.82, 2.24) is 19.7 Å². The average Bonchev–Trinajstić information content (AvgIpc) is 3.24. The number of amides is 1. The molecule has 1 atom stereocenters. The first kappa shape index (κ1) is 25.3. The second-order valence-corrected chi connectivity index (χ2v) is 9.07. The van der Waals surface area contributed by atoms with Crippen LogP contribution >= 0.6 is 0 Å². The number of nitrogens with one attached hydrogen (secondary N) is 2. The van der Waals surface area contributed by atoms with E-state index in [1.54, 1.807) is 17.1 Å². The fourth-order valence-electron chi connectivity index (χ4n) is 4.36. The van der Waals surface area contributed by atoms with Crippen molar-refractivity contribution in [3.05, 3.63) is 53.2 Å². The predicted molar refractivity (Wildman–Crippen MR) is 129 cm³/mol. The summed E-state index contributed by atoms with van der Waals surface area (Å²) in [6.07, 6.45) is 0.0513. The quantitative estimate of drug-likeness (QED) is 0.502. The van der Waals surface area contributed by atoms with Crippen LogP contribution in [0.3, 0.4) is 0 Å². The van der Waals surface area contributed by atoms with Gasteiger partial charge in [-0.15, -0.1) is 0 Å². The summed E-state index contributed by atoms with van der Waals surface area (Å²) in [6.45, 7) is 6.53. The molecule has 36 heavy (non-hydrogen) atoms. The number of carbonyl (C=O) groups excluding carboxylic acids is 1. The Bertz CT molecular complexity index is 1270. The number of alkyl halides is 3. The van der Waals surface area contributed by atoms with E-state index in [9.17, 15) is 18.0 Å². The van der Waals surface area contributed by atoms with Crippen molar-refractivity contribution in [2.24, 2.45) is 5.92 Å². The summed E-state index contributed by atoms with van der Waals surface area (Å²) in [5, 5.41) is 10.6. The molecule has 12 heteroatoms. The van der Waals surface area contributed by atoms with Crippen molar-refractivity contribution < 1.29 is 22.7 Å². The normalized spacial score (nSPS) is 15.6. The molecule has 0 spiro atoms. The molecule has 0 fully saturated rings. The number of fused-ring (bicyclic) bond motifs is 1. The number of ether oxygens (including phenoxy) is 1. The maximum atomic E-state index is 13.0. The highest BCUT2D eigenvalue weighted by atomic mass is 19.4. The second-order valence-electron chi connectivity index (χ2n) is 9.07. The number of likely N-dealkylation sites (N-methyl/N-ethyl adjacent to an activating group) is 1. The molecule has 0 aromatic carbocycles. The van der Waals surface area contributed by atoms with E-state index in [1.807, 2.05) is 38.8 Å². The molecule has 1 aliphatic heterocycles. The van der Waals surface area contributed by atoms with Crippen LogP contribution < -0.4 is 20.3 Å². The third kappa shape index (κ3) is 5.07. The predicted octanol–water partition coefficient (Wildman–Crippen LogP) is 4.08. The van der Waals surface area contributed by atoms with Crippen LogP contribution in [0, 0.1) is 12.8 Å². The van der Waals surface area contributed by atoms with Crippen LogP contribution in [0.25, 0.3) is 0 Å². The van der Waals surface area contributed by atoms with E-state index in [4.69, 9.17) is 4.74 Å². The zero-order valence-electron chi connectivity index (χ0n) is 20.6. The van der Waals surface area contributed by atoms with Crippen LogP contribution in [0.15, 0.2) is 30.7 Å². The van der Waals surface area contributed by atoms with Crippen LogP contribution in [-0.2, 0) is 24.1 Å². The van der Waals surface area contributed by atoms with Gasteiger partial charge in [0.05, 0.1) is 36.9 Å². The minimum absolute atomic E-state index is 0.0427. The maximum absolute atomic E-state index is 13.0. The maximum Gasteiger partial charge on any atom is 0.437 e. The lowest BCUT2D eigenvalue weighted by Gasteiger charge is -2.38. The lowest BCUT2D eigenvalue weighted by molar-refractivity contribution is -0.142. The zero-order chi connectivity index (χ0) is 26.2. The number of halogens is 3. The van der Waals surface area contributed by atoms with E-state index < -0.39 is 11.9 Å². The smallest absolute Gasteiger partial charge is 0.437 e. The van der Waals surface area contributed by atoms with Gasteiger partial charge >= 0.3 is 6.18 Å². The number of methoxy groups -OCH3 is 1. The molecule has 4 heterocycles. The molecule has 0 radical (unpaired) electrons. The van der Waals surface area contributed by atoms with Gasteiger partial charge < -0.3 is 20.3 Å². The van der Waals surface area contributed by atoms with E-state index >= 15 is 0 Å². The molecule has 9 nitrogen and oxygen atoms in total. The number of rotatable bonds is 7. The third-order valence-corrected chi connectivity index (χ3v) is 6.03. The van der Waals surface area contributed by atoms with Crippen LogP contribution in [0.2, 0.25) is 0 Å². The summed E-state index contributed by atoms with van der Waals surface area (Å²) in [6, 6.07) is 2.94. The molecule has 3 aromatic rings. The first-order valence-electron chi connectivity index (χ1n) is 11.4. The Morgan fingerprint density at radius 1 is 1.22 bits per heavy atom. The van der Waals surface area contributed by atoms with Gasteiger partial charge in [0.1, 0.15) is 17.6 Å². The number of aromatic nitrogens is 4. The Morgan fingerprint density at radius 3 is 2.64 bits per heavy atom. The molecule has 192 valence electrons. The highest BCUT2D eigenvalue weighted by Gasteiger charge is 2.36. The third-order valence-electron chi connectivity index (χ3n) is 6.03. The SMILES string of the molecule is COc1cc(Cn2cc(CNc3cc4c(c(C)n3)NC(=O)C(C(C)C)N4C)cn2)cnc1C(F)(F)F. The summed E-state index contributed by atoms with van der Waals surface area (Å²) in [5.74, 6) is 0.419. The van der Waals surface area contributed by atoms with Gasteiger partial charge in [-0.05, 0) is 24.5 Å². The summed E-state index contributed by atoms with van der Waals surface area (Å²) in [7, 11) is 3.08. The van der Waals surface area contributed by atoms with Gasteiger partial charge in [-0.25, -0.2) is 9.97 Å². The van der Waals surface area contributed by atoms with Crippen LogP contribution in [0.1, 0.15) is 36.4 Å². The van der Waals surface area contributed by atoms with E-state index in [-0.39, 0.29) is 30.2 Å². The van der Waals surface area contributed by atoms with Crippen LogP contribution in [0.5, 0.6) is 5.75 Å². The van der Waals surface area contributed by atoms with Crippen molar-refractivity contribution in [2.75, 3.05) is 29.7 Å². The lowest BCUT2D eigenvalue weighted by atomic mass is 9.98. The topological polar surface area (TPSA) is 97.2 Å². The van der Waals surface area contributed by atoms with Crippen LogP contribution in [0.4, 0.5) is 30.4 Å². The molecule has 0 aliphatic carbocycles. The molecule has 4 rings (SSSR count). The van der Waals surface area contributed by atoms with Gasteiger partial charge in [-0.1, -0.05) is 13.8 Å². The number of anilines is 3. The standard InChI is InChI=1S/C24H28F3N7O2/c1-13(2)21-23(35)32-20-14(3)31-19(7-17(20)33(21)4)28-9-16-10-30-34(12-16)11-15-6-18(36-5)22(29-8-15)24(25,26)27/h6-8,10,12-13,21H,9,11H2,1-5H3,(H,28,31)(H,32,35). The molecular formula is C24H28F3N7O2. The van der Waals surface area contributed by atoms with Gasteiger partial charge in [0, 0.05) is 37.6 Å². The Kier molecular flexibility index (Phi) is 6.79. The van der Waals surface area contributed by atoms with Gasteiger partial charge in [0.25, 0.3) is 0 Å². The minimum atomic E-state index is -4.59. The fourth-order valence-corrected chi connectivity index (χ4v) is 4.36. The Balaban J connectivity index is 1.45. The van der Waals surface area contributed by atoms with Crippen molar-refractivity contribution in [3.8, 4) is 5.75 Å². The number of nitrogens with zero attached hydrogens (tertiary/aromatic N) is 5. The highest BCUT2D eigenvalue weighted by Crippen LogP contribution is 2.37. The largest absolute Gasteiger partial charge is 0.494 e. The zero-order valence-corrected chi connectivity index (χ0v) is 20.6. The molecule has 3 aromatic heterocycles. The molecule has 1 aliphatic rings. The minimum Gasteiger partial charge on any atom is -0.494 e.